The highest BCUT2D eigenvalue weighted by atomic mass is 16.3. The zero-order chi connectivity index (χ0) is 14.1. The highest BCUT2D eigenvalue weighted by molar-refractivity contribution is 5.25. The van der Waals surface area contributed by atoms with Crippen molar-refractivity contribution < 1.29 is 5.11 Å². The Morgan fingerprint density at radius 2 is 1.80 bits per heavy atom. The van der Waals surface area contributed by atoms with Crippen molar-refractivity contribution in [3.8, 4) is 0 Å². The SMILES string of the molecule is Cc1nn(CCO)c(C)c1CN(C1CCCC1)C1CC1. The van der Waals surface area contributed by atoms with Crippen LogP contribution in [0.15, 0.2) is 0 Å². The second-order valence-electron chi connectivity index (χ2n) is 6.44. The van der Waals surface area contributed by atoms with Crippen molar-refractivity contribution in [2.24, 2.45) is 0 Å². The van der Waals surface area contributed by atoms with Crippen molar-refractivity contribution in [1.82, 2.24) is 14.7 Å². The van der Waals surface area contributed by atoms with Gasteiger partial charge < -0.3 is 5.11 Å². The molecule has 1 N–H and O–H groups in total. The molecule has 0 aliphatic heterocycles. The summed E-state index contributed by atoms with van der Waals surface area (Å²) >= 11 is 0. The molecular weight excluding hydrogens is 250 g/mol. The van der Waals surface area contributed by atoms with Crippen LogP contribution in [0, 0.1) is 13.8 Å². The molecule has 0 spiro atoms. The summed E-state index contributed by atoms with van der Waals surface area (Å²) in [6, 6.07) is 1.61. The Bertz CT molecular complexity index is 459. The van der Waals surface area contributed by atoms with E-state index in [1.54, 1.807) is 0 Å². The Labute approximate surface area is 121 Å². The third kappa shape index (κ3) is 2.77. The summed E-state index contributed by atoms with van der Waals surface area (Å²) in [5.74, 6) is 0. The van der Waals surface area contributed by atoms with E-state index < -0.39 is 0 Å². The molecule has 1 aromatic heterocycles. The standard InChI is InChI=1S/C16H27N3O/c1-12-16(13(2)19(17-12)9-10-20)11-18(15-7-8-15)14-5-3-4-6-14/h14-15,20H,3-11H2,1-2H3. The number of aliphatic hydroxyl groups is 1. The van der Waals surface area contributed by atoms with Gasteiger partial charge in [-0.05, 0) is 39.5 Å². The van der Waals surface area contributed by atoms with Gasteiger partial charge in [-0.1, -0.05) is 12.8 Å². The zero-order valence-electron chi connectivity index (χ0n) is 12.8. The first kappa shape index (κ1) is 14.1. The van der Waals surface area contributed by atoms with E-state index in [2.05, 4.69) is 23.8 Å². The molecular formula is C16H27N3O. The summed E-state index contributed by atoms with van der Waals surface area (Å²) in [5.41, 5.74) is 3.76. The van der Waals surface area contributed by atoms with Crippen molar-refractivity contribution >= 4 is 0 Å². The van der Waals surface area contributed by atoms with Gasteiger partial charge in [0.25, 0.3) is 0 Å². The van der Waals surface area contributed by atoms with Gasteiger partial charge in [0.15, 0.2) is 0 Å². The van der Waals surface area contributed by atoms with Gasteiger partial charge in [0, 0.05) is 29.9 Å². The molecule has 4 nitrogen and oxygen atoms in total. The molecule has 112 valence electrons. The first-order chi connectivity index (χ1) is 9.70. The van der Waals surface area contributed by atoms with Gasteiger partial charge in [-0.3, -0.25) is 9.58 Å². The van der Waals surface area contributed by atoms with Crippen LogP contribution in [0.3, 0.4) is 0 Å². The van der Waals surface area contributed by atoms with Crippen molar-refractivity contribution in [3.05, 3.63) is 17.0 Å². The smallest absolute Gasteiger partial charge is 0.0644 e. The fourth-order valence-corrected chi connectivity index (χ4v) is 3.66. The minimum atomic E-state index is 0.163. The molecule has 2 aliphatic carbocycles. The van der Waals surface area contributed by atoms with Crippen molar-refractivity contribution in [3.63, 3.8) is 0 Å². The Hall–Kier alpha value is -0.870. The molecule has 0 aromatic carbocycles. The molecule has 0 radical (unpaired) electrons. The maximum atomic E-state index is 9.13. The van der Waals surface area contributed by atoms with Gasteiger partial charge in [0.05, 0.1) is 18.8 Å². The Morgan fingerprint density at radius 1 is 1.15 bits per heavy atom. The second kappa shape index (κ2) is 5.86. The van der Waals surface area contributed by atoms with E-state index in [9.17, 15) is 0 Å². The van der Waals surface area contributed by atoms with Gasteiger partial charge in [-0.25, -0.2) is 0 Å². The Kier molecular flexibility index (Phi) is 4.13. The topological polar surface area (TPSA) is 41.3 Å². The molecule has 0 atom stereocenters. The van der Waals surface area contributed by atoms with Crippen LogP contribution in [0.2, 0.25) is 0 Å². The van der Waals surface area contributed by atoms with E-state index in [0.717, 1.165) is 24.3 Å². The average molecular weight is 277 g/mol. The van der Waals surface area contributed by atoms with Crippen LogP contribution in [-0.2, 0) is 13.1 Å². The lowest BCUT2D eigenvalue weighted by Crippen LogP contribution is -2.35. The predicted octanol–water partition coefficient (Wildman–Crippen LogP) is 2.40. The first-order valence-electron chi connectivity index (χ1n) is 8.10. The van der Waals surface area contributed by atoms with Gasteiger partial charge in [0.2, 0.25) is 0 Å². The maximum absolute atomic E-state index is 9.13. The number of aromatic nitrogens is 2. The lowest BCUT2D eigenvalue weighted by molar-refractivity contribution is 0.178. The van der Waals surface area contributed by atoms with Crippen LogP contribution in [0.25, 0.3) is 0 Å². The van der Waals surface area contributed by atoms with Crippen LogP contribution < -0.4 is 0 Å². The molecule has 1 aromatic rings. The largest absolute Gasteiger partial charge is 0.394 e. The lowest BCUT2D eigenvalue weighted by Gasteiger charge is -2.29. The van der Waals surface area contributed by atoms with Crippen LogP contribution in [0.1, 0.15) is 55.5 Å². The predicted molar refractivity (Wildman–Crippen MR) is 79.6 cm³/mol. The summed E-state index contributed by atoms with van der Waals surface area (Å²) in [5, 5.41) is 13.7. The molecule has 3 rings (SSSR count). The minimum absolute atomic E-state index is 0.163. The molecule has 0 bridgehead atoms. The normalized spacial score (nSPS) is 20.2. The molecule has 1 heterocycles. The van der Waals surface area contributed by atoms with Crippen LogP contribution in [-0.4, -0.2) is 38.5 Å². The molecule has 2 fully saturated rings. The van der Waals surface area contributed by atoms with E-state index in [4.69, 9.17) is 5.11 Å². The molecule has 4 heteroatoms. The van der Waals surface area contributed by atoms with Crippen molar-refractivity contribution in [1.29, 1.82) is 0 Å². The lowest BCUT2D eigenvalue weighted by atomic mass is 10.1. The minimum Gasteiger partial charge on any atom is -0.394 e. The highest BCUT2D eigenvalue weighted by Gasteiger charge is 2.35. The second-order valence-corrected chi connectivity index (χ2v) is 6.44. The fraction of sp³-hybridized carbons (Fsp3) is 0.812. The van der Waals surface area contributed by atoms with Crippen molar-refractivity contribution in [2.75, 3.05) is 6.61 Å². The van der Waals surface area contributed by atoms with Gasteiger partial charge >= 0.3 is 0 Å². The number of hydrogen-bond donors (Lipinski definition) is 1. The van der Waals surface area contributed by atoms with Crippen molar-refractivity contribution in [2.45, 2.75) is 77.5 Å². The molecule has 0 saturated heterocycles. The number of rotatable bonds is 6. The fourth-order valence-electron chi connectivity index (χ4n) is 3.66. The zero-order valence-corrected chi connectivity index (χ0v) is 12.8. The highest BCUT2D eigenvalue weighted by Crippen LogP contribution is 2.36. The summed E-state index contributed by atoms with van der Waals surface area (Å²) < 4.78 is 1.96. The number of aryl methyl sites for hydroxylation is 1. The molecule has 2 saturated carbocycles. The van der Waals surface area contributed by atoms with Crippen LogP contribution >= 0.6 is 0 Å². The number of hydrogen-bond acceptors (Lipinski definition) is 3. The summed E-state index contributed by atoms with van der Waals surface area (Å²) in [4.78, 5) is 2.74. The van der Waals surface area contributed by atoms with E-state index in [0.29, 0.717) is 6.54 Å². The third-order valence-corrected chi connectivity index (χ3v) is 4.99. The van der Waals surface area contributed by atoms with E-state index in [1.165, 1.54) is 49.8 Å². The van der Waals surface area contributed by atoms with E-state index in [-0.39, 0.29) is 6.61 Å². The van der Waals surface area contributed by atoms with E-state index >= 15 is 0 Å². The first-order valence-corrected chi connectivity index (χ1v) is 8.10. The van der Waals surface area contributed by atoms with Crippen LogP contribution in [0.5, 0.6) is 0 Å². The van der Waals surface area contributed by atoms with Gasteiger partial charge in [-0.2, -0.15) is 5.10 Å². The molecule has 0 amide bonds. The number of nitrogens with zero attached hydrogens (tertiary/aromatic N) is 3. The Morgan fingerprint density at radius 3 is 2.40 bits per heavy atom. The molecule has 2 aliphatic rings. The average Bonchev–Trinajstić information content (AvgIpc) is 3.05. The summed E-state index contributed by atoms with van der Waals surface area (Å²) in [6.45, 7) is 6.08. The summed E-state index contributed by atoms with van der Waals surface area (Å²) in [6.07, 6.45) is 8.29. The maximum Gasteiger partial charge on any atom is 0.0644 e. The monoisotopic (exact) mass is 277 g/mol. The number of aliphatic hydroxyl groups excluding tert-OH is 1. The van der Waals surface area contributed by atoms with Gasteiger partial charge in [-0.15, -0.1) is 0 Å². The van der Waals surface area contributed by atoms with Gasteiger partial charge in [0.1, 0.15) is 0 Å². The Balaban J connectivity index is 1.77. The third-order valence-electron chi connectivity index (χ3n) is 4.99. The van der Waals surface area contributed by atoms with Crippen LogP contribution in [0.4, 0.5) is 0 Å². The quantitative estimate of drug-likeness (QED) is 0.868. The van der Waals surface area contributed by atoms with E-state index in [1.807, 2.05) is 4.68 Å². The molecule has 0 unspecified atom stereocenters. The summed E-state index contributed by atoms with van der Waals surface area (Å²) in [7, 11) is 0. The molecule has 20 heavy (non-hydrogen) atoms.